The molecule has 1 fully saturated rings. The van der Waals surface area contributed by atoms with Gasteiger partial charge in [-0.25, -0.2) is 0 Å². The Morgan fingerprint density at radius 2 is 1.85 bits per heavy atom. The third-order valence-corrected chi connectivity index (χ3v) is 5.14. The van der Waals surface area contributed by atoms with Gasteiger partial charge in [-0.1, -0.05) is 18.2 Å². The lowest BCUT2D eigenvalue weighted by atomic mass is 9.90. The zero-order valence-corrected chi connectivity index (χ0v) is 15.4. The van der Waals surface area contributed by atoms with E-state index in [0.29, 0.717) is 36.8 Å². The van der Waals surface area contributed by atoms with E-state index in [1.54, 1.807) is 24.3 Å². The van der Waals surface area contributed by atoms with E-state index in [9.17, 15) is 9.59 Å². The highest BCUT2D eigenvalue weighted by Crippen LogP contribution is 2.46. The molecule has 1 atom stereocenters. The van der Waals surface area contributed by atoms with Gasteiger partial charge in [0, 0.05) is 17.7 Å². The van der Waals surface area contributed by atoms with Gasteiger partial charge in [0.05, 0.1) is 0 Å². The Morgan fingerprint density at radius 3 is 2.59 bits per heavy atom. The quantitative estimate of drug-likeness (QED) is 0.780. The van der Waals surface area contributed by atoms with Crippen LogP contribution in [0.3, 0.4) is 0 Å². The Kier molecular flexibility index (Phi) is 4.84. The number of hydrogen-bond acceptors (Lipinski definition) is 4. The van der Waals surface area contributed by atoms with Crippen LogP contribution in [-0.4, -0.2) is 24.9 Å². The fraction of sp³-hybridized carbons (Fsp3) is 0.364. The highest BCUT2D eigenvalue weighted by molar-refractivity contribution is 5.97. The van der Waals surface area contributed by atoms with Crippen molar-refractivity contribution in [3.8, 4) is 11.5 Å². The van der Waals surface area contributed by atoms with Crippen molar-refractivity contribution >= 4 is 17.4 Å². The van der Waals surface area contributed by atoms with E-state index in [1.807, 2.05) is 18.2 Å². The van der Waals surface area contributed by atoms with Gasteiger partial charge in [0.15, 0.2) is 17.3 Å². The van der Waals surface area contributed by atoms with E-state index in [4.69, 9.17) is 9.47 Å². The molecule has 0 bridgehead atoms. The molecule has 140 valence electrons. The minimum Gasteiger partial charge on any atom is -0.486 e. The molecular formula is C22H23NO4. The maximum Gasteiger partial charge on any atom is 0.224 e. The Labute approximate surface area is 158 Å². The molecule has 0 saturated heterocycles. The molecule has 0 spiro atoms. The first-order chi connectivity index (χ1) is 13.1. The molecule has 1 aliphatic heterocycles. The number of fused-ring (bicyclic) bond motifs is 1. The van der Waals surface area contributed by atoms with Crippen LogP contribution in [0.1, 0.15) is 48.0 Å². The van der Waals surface area contributed by atoms with Crippen molar-refractivity contribution in [2.45, 2.75) is 32.1 Å². The average Bonchev–Trinajstić information content (AvgIpc) is 3.51. The van der Waals surface area contributed by atoms with Crippen LogP contribution >= 0.6 is 0 Å². The van der Waals surface area contributed by atoms with Crippen LogP contribution in [0.2, 0.25) is 0 Å². The van der Waals surface area contributed by atoms with Crippen LogP contribution in [-0.2, 0) is 4.79 Å². The number of anilines is 1. The zero-order chi connectivity index (χ0) is 18.8. The van der Waals surface area contributed by atoms with Crippen LogP contribution in [0.25, 0.3) is 0 Å². The topological polar surface area (TPSA) is 64.6 Å². The molecule has 2 aromatic rings. The SMILES string of the molecule is CC(=O)c1cccc(NC(=O)CC(c2ccc3c(c2)OCCO3)C2CC2)c1. The van der Waals surface area contributed by atoms with Crippen molar-refractivity contribution in [3.05, 3.63) is 53.6 Å². The first-order valence-electron chi connectivity index (χ1n) is 9.40. The Hall–Kier alpha value is -2.82. The molecule has 1 aliphatic carbocycles. The number of carbonyl (C=O) groups is 2. The molecule has 1 saturated carbocycles. The summed E-state index contributed by atoms with van der Waals surface area (Å²) in [5.74, 6) is 2.17. The summed E-state index contributed by atoms with van der Waals surface area (Å²) in [6.45, 7) is 2.64. The van der Waals surface area contributed by atoms with Crippen molar-refractivity contribution in [1.29, 1.82) is 0 Å². The van der Waals surface area contributed by atoms with Gasteiger partial charge in [-0.3, -0.25) is 9.59 Å². The second-order valence-corrected chi connectivity index (χ2v) is 7.24. The molecule has 5 heteroatoms. The highest BCUT2D eigenvalue weighted by atomic mass is 16.6. The number of benzene rings is 2. The molecule has 0 aromatic heterocycles. The maximum atomic E-state index is 12.6. The normalized spacial score (nSPS) is 16.5. The molecule has 1 unspecified atom stereocenters. The Morgan fingerprint density at radius 1 is 1.07 bits per heavy atom. The number of hydrogen-bond donors (Lipinski definition) is 1. The molecule has 1 amide bonds. The molecule has 27 heavy (non-hydrogen) atoms. The third-order valence-electron chi connectivity index (χ3n) is 5.14. The van der Waals surface area contributed by atoms with Crippen molar-refractivity contribution in [3.63, 3.8) is 0 Å². The number of Topliss-reactive ketones (excluding diaryl/α,β-unsaturated/α-hetero) is 1. The van der Waals surface area contributed by atoms with E-state index in [1.165, 1.54) is 6.92 Å². The summed E-state index contributed by atoms with van der Waals surface area (Å²) >= 11 is 0. The second kappa shape index (κ2) is 7.43. The highest BCUT2D eigenvalue weighted by Gasteiger charge is 2.34. The van der Waals surface area contributed by atoms with Gasteiger partial charge in [0.1, 0.15) is 13.2 Å². The second-order valence-electron chi connectivity index (χ2n) is 7.24. The van der Waals surface area contributed by atoms with Gasteiger partial charge in [-0.15, -0.1) is 0 Å². The number of ketones is 1. The summed E-state index contributed by atoms with van der Waals surface area (Å²) in [5, 5.41) is 2.94. The van der Waals surface area contributed by atoms with Crippen molar-refractivity contribution < 1.29 is 19.1 Å². The van der Waals surface area contributed by atoms with Crippen LogP contribution in [0.4, 0.5) is 5.69 Å². The number of rotatable bonds is 6. The molecule has 0 radical (unpaired) electrons. The molecule has 2 aliphatic rings. The molecular weight excluding hydrogens is 342 g/mol. The number of carbonyl (C=O) groups excluding carboxylic acids is 2. The van der Waals surface area contributed by atoms with Crippen LogP contribution in [0.15, 0.2) is 42.5 Å². The van der Waals surface area contributed by atoms with Crippen molar-refractivity contribution in [1.82, 2.24) is 0 Å². The van der Waals surface area contributed by atoms with Crippen LogP contribution in [0.5, 0.6) is 11.5 Å². The lowest BCUT2D eigenvalue weighted by molar-refractivity contribution is -0.116. The predicted molar refractivity (Wildman–Crippen MR) is 103 cm³/mol. The summed E-state index contributed by atoms with van der Waals surface area (Å²) in [6.07, 6.45) is 2.70. The van der Waals surface area contributed by atoms with Gasteiger partial charge in [-0.2, -0.15) is 0 Å². The average molecular weight is 365 g/mol. The summed E-state index contributed by atoms with van der Waals surface area (Å²) in [6, 6.07) is 13.1. The number of nitrogens with one attached hydrogen (secondary N) is 1. The van der Waals surface area contributed by atoms with E-state index >= 15 is 0 Å². The molecule has 2 aromatic carbocycles. The van der Waals surface area contributed by atoms with Gasteiger partial charge < -0.3 is 14.8 Å². The lowest BCUT2D eigenvalue weighted by Gasteiger charge is -2.22. The molecule has 4 rings (SSSR count). The summed E-state index contributed by atoms with van der Waals surface area (Å²) < 4.78 is 11.3. The lowest BCUT2D eigenvalue weighted by Crippen LogP contribution is -2.18. The minimum atomic E-state index is -0.0394. The minimum absolute atomic E-state index is 0.0155. The third kappa shape index (κ3) is 4.13. The van der Waals surface area contributed by atoms with Crippen molar-refractivity contribution in [2.75, 3.05) is 18.5 Å². The first-order valence-corrected chi connectivity index (χ1v) is 9.40. The van der Waals surface area contributed by atoms with E-state index in [2.05, 4.69) is 5.32 Å². The zero-order valence-electron chi connectivity index (χ0n) is 15.4. The predicted octanol–water partition coefficient (Wildman–Crippen LogP) is 4.18. The van der Waals surface area contributed by atoms with Gasteiger partial charge >= 0.3 is 0 Å². The van der Waals surface area contributed by atoms with Crippen molar-refractivity contribution in [2.24, 2.45) is 5.92 Å². The summed E-state index contributed by atoms with van der Waals surface area (Å²) in [4.78, 5) is 24.2. The fourth-order valence-corrected chi connectivity index (χ4v) is 3.57. The van der Waals surface area contributed by atoms with Gasteiger partial charge in [0.25, 0.3) is 0 Å². The fourth-order valence-electron chi connectivity index (χ4n) is 3.57. The molecule has 1 N–H and O–H groups in total. The molecule has 5 nitrogen and oxygen atoms in total. The van der Waals surface area contributed by atoms with Crippen LogP contribution in [0, 0.1) is 5.92 Å². The van der Waals surface area contributed by atoms with Gasteiger partial charge in [-0.05, 0) is 61.4 Å². The summed E-state index contributed by atoms with van der Waals surface area (Å²) in [5.41, 5.74) is 2.37. The van der Waals surface area contributed by atoms with E-state index < -0.39 is 0 Å². The van der Waals surface area contributed by atoms with Gasteiger partial charge in [0.2, 0.25) is 5.91 Å². The Balaban J connectivity index is 1.48. The monoisotopic (exact) mass is 365 g/mol. The van der Waals surface area contributed by atoms with E-state index in [-0.39, 0.29) is 17.6 Å². The summed E-state index contributed by atoms with van der Waals surface area (Å²) in [7, 11) is 0. The standard InChI is InChI=1S/C22H23NO4/c1-14(24)16-3-2-4-18(11-16)23-22(25)13-19(15-5-6-15)17-7-8-20-21(12-17)27-10-9-26-20/h2-4,7-8,11-12,15,19H,5-6,9-10,13H2,1H3,(H,23,25). The maximum absolute atomic E-state index is 12.6. The Bertz CT molecular complexity index is 872. The van der Waals surface area contributed by atoms with E-state index in [0.717, 1.165) is 29.9 Å². The number of ether oxygens (including phenoxy) is 2. The first kappa shape index (κ1) is 17.6. The number of amides is 1. The smallest absolute Gasteiger partial charge is 0.224 e. The van der Waals surface area contributed by atoms with Crippen LogP contribution < -0.4 is 14.8 Å². The largest absolute Gasteiger partial charge is 0.486 e. The molecule has 1 heterocycles.